The van der Waals surface area contributed by atoms with Crippen molar-refractivity contribution in [1.82, 2.24) is 4.90 Å². The molecule has 1 N–H and O–H groups in total. The molecule has 0 heterocycles. The van der Waals surface area contributed by atoms with Crippen molar-refractivity contribution in [3.63, 3.8) is 0 Å². The molecule has 0 aliphatic rings. The molecule has 5 nitrogen and oxygen atoms in total. The fourth-order valence-corrected chi connectivity index (χ4v) is 1.78. The number of aliphatic carboxylic acids is 1. The number of carbonyl (C=O) groups excluding carboxylic acids is 1. The van der Waals surface area contributed by atoms with Crippen molar-refractivity contribution in [2.75, 3.05) is 26.3 Å². The number of carbonyl (C=O) groups is 2. The maximum atomic E-state index is 12.4. The number of amides is 1. The maximum Gasteiger partial charge on any atom is 0.308 e. The lowest BCUT2D eigenvalue weighted by atomic mass is 9.96. The Morgan fingerprint density at radius 1 is 1.20 bits per heavy atom. The van der Waals surface area contributed by atoms with E-state index in [1.165, 1.54) is 0 Å². The van der Waals surface area contributed by atoms with Crippen molar-refractivity contribution in [1.29, 1.82) is 0 Å². The molecule has 1 amide bonds. The zero-order valence-corrected chi connectivity index (χ0v) is 13.4. The quantitative estimate of drug-likeness (QED) is 0.626. The van der Waals surface area contributed by atoms with E-state index in [4.69, 9.17) is 9.84 Å². The number of hydrogen-bond acceptors (Lipinski definition) is 3. The number of carboxylic acid groups (broad SMARTS) is 1. The van der Waals surface area contributed by atoms with E-state index in [-0.39, 0.29) is 24.3 Å². The van der Waals surface area contributed by atoms with Crippen LogP contribution in [0.5, 0.6) is 0 Å². The van der Waals surface area contributed by atoms with Gasteiger partial charge in [0.15, 0.2) is 0 Å². The molecule has 0 radical (unpaired) electrons. The predicted molar refractivity (Wildman–Crippen MR) is 78.5 cm³/mol. The van der Waals surface area contributed by atoms with E-state index in [2.05, 4.69) is 0 Å². The summed E-state index contributed by atoms with van der Waals surface area (Å²) in [5, 5.41) is 9.01. The van der Waals surface area contributed by atoms with Crippen LogP contribution < -0.4 is 0 Å². The molecule has 0 spiro atoms. The largest absolute Gasteiger partial charge is 0.481 e. The third-order valence-electron chi connectivity index (χ3n) is 3.54. The van der Waals surface area contributed by atoms with Gasteiger partial charge >= 0.3 is 5.97 Å². The molecule has 0 aromatic heterocycles. The number of hydrogen-bond donors (Lipinski definition) is 1. The van der Waals surface area contributed by atoms with Gasteiger partial charge < -0.3 is 14.7 Å². The predicted octanol–water partition coefficient (Wildman–Crippen LogP) is 2.25. The Bertz CT molecular complexity index is 304. The normalized spacial score (nSPS) is 14.1. The van der Waals surface area contributed by atoms with Crippen LogP contribution >= 0.6 is 0 Å². The molecule has 5 heteroatoms. The lowest BCUT2D eigenvalue weighted by Crippen LogP contribution is -2.41. The molecule has 0 aromatic carbocycles. The molecule has 0 aromatic rings. The molecule has 0 saturated heterocycles. The van der Waals surface area contributed by atoms with E-state index >= 15 is 0 Å². The van der Waals surface area contributed by atoms with Gasteiger partial charge in [0.2, 0.25) is 5.91 Å². The highest BCUT2D eigenvalue weighted by molar-refractivity contribution is 5.79. The van der Waals surface area contributed by atoms with Gasteiger partial charge in [-0.25, -0.2) is 0 Å². The summed E-state index contributed by atoms with van der Waals surface area (Å²) in [5.74, 6) is -1.24. The Morgan fingerprint density at radius 2 is 1.80 bits per heavy atom. The number of nitrogens with zero attached hydrogens (tertiary/aromatic N) is 1. The minimum Gasteiger partial charge on any atom is -0.481 e. The van der Waals surface area contributed by atoms with Crippen LogP contribution in [-0.2, 0) is 14.3 Å². The van der Waals surface area contributed by atoms with Gasteiger partial charge in [-0.05, 0) is 19.3 Å². The van der Waals surface area contributed by atoms with Crippen LogP contribution in [0.15, 0.2) is 0 Å². The summed E-state index contributed by atoms with van der Waals surface area (Å²) in [6.45, 7) is 11.5. The van der Waals surface area contributed by atoms with E-state index in [0.29, 0.717) is 19.8 Å². The van der Waals surface area contributed by atoms with Gasteiger partial charge in [-0.3, -0.25) is 9.59 Å². The van der Waals surface area contributed by atoms with E-state index in [1.807, 2.05) is 27.7 Å². The number of carboxylic acids is 1. The summed E-state index contributed by atoms with van der Waals surface area (Å²) < 4.78 is 5.27. The Morgan fingerprint density at radius 3 is 2.25 bits per heavy atom. The molecule has 0 aliphatic heterocycles. The lowest BCUT2D eigenvalue weighted by Gasteiger charge is -2.28. The van der Waals surface area contributed by atoms with Crippen molar-refractivity contribution in [3.8, 4) is 0 Å². The topological polar surface area (TPSA) is 66.8 Å². The molecule has 20 heavy (non-hydrogen) atoms. The first-order valence-corrected chi connectivity index (χ1v) is 7.40. The van der Waals surface area contributed by atoms with E-state index in [9.17, 15) is 9.59 Å². The van der Waals surface area contributed by atoms with Gasteiger partial charge in [0.05, 0.1) is 5.92 Å². The third-order valence-corrected chi connectivity index (χ3v) is 3.54. The van der Waals surface area contributed by atoms with Crippen molar-refractivity contribution in [2.45, 2.75) is 41.0 Å². The van der Waals surface area contributed by atoms with Crippen molar-refractivity contribution in [3.05, 3.63) is 0 Å². The molecule has 0 aliphatic carbocycles. The molecule has 0 rings (SSSR count). The summed E-state index contributed by atoms with van der Waals surface area (Å²) >= 11 is 0. The minimum atomic E-state index is -0.871. The Balaban J connectivity index is 4.60. The Hall–Kier alpha value is -1.10. The monoisotopic (exact) mass is 287 g/mol. The zero-order valence-electron chi connectivity index (χ0n) is 13.4. The first kappa shape index (κ1) is 18.9. The van der Waals surface area contributed by atoms with Gasteiger partial charge in [0.1, 0.15) is 0 Å². The molecular formula is C15H29NO4. The van der Waals surface area contributed by atoms with Crippen molar-refractivity contribution >= 4 is 11.9 Å². The number of ether oxygens (including phenoxy) is 1. The minimum absolute atomic E-state index is 0.0320. The summed E-state index contributed by atoms with van der Waals surface area (Å²) in [5.41, 5.74) is 0. The highest BCUT2D eigenvalue weighted by Gasteiger charge is 2.25. The van der Waals surface area contributed by atoms with Crippen molar-refractivity contribution in [2.24, 2.45) is 17.8 Å². The summed E-state index contributed by atoms with van der Waals surface area (Å²) in [7, 11) is 0. The average Bonchev–Trinajstić information content (AvgIpc) is 2.39. The SMILES string of the molecule is CCOCCCN(CC(C)C(=O)O)C(=O)C(C)C(C)C. The second-order valence-electron chi connectivity index (χ2n) is 5.61. The van der Waals surface area contributed by atoms with Crippen molar-refractivity contribution < 1.29 is 19.4 Å². The number of rotatable bonds is 10. The molecule has 2 unspecified atom stereocenters. The fourth-order valence-electron chi connectivity index (χ4n) is 1.78. The smallest absolute Gasteiger partial charge is 0.308 e. The highest BCUT2D eigenvalue weighted by atomic mass is 16.5. The van der Waals surface area contributed by atoms with Gasteiger partial charge in [-0.2, -0.15) is 0 Å². The van der Waals surface area contributed by atoms with E-state index in [0.717, 1.165) is 6.42 Å². The second-order valence-corrected chi connectivity index (χ2v) is 5.61. The Labute approximate surface area is 122 Å². The highest BCUT2D eigenvalue weighted by Crippen LogP contribution is 2.15. The molecule has 118 valence electrons. The Kier molecular flexibility index (Phi) is 9.21. The van der Waals surface area contributed by atoms with Crippen LogP contribution in [0.2, 0.25) is 0 Å². The van der Waals surface area contributed by atoms with Crippen LogP contribution in [0.25, 0.3) is 0 Å². The third kappa shape index (κ3) is 6.89. The van der Waals surface area contributed by atoms with Crippen LogP contribution in [0, 0.1) is 17.8 Å². The zero-order chi connectivity index (χ0) is 15.7. The molecule has 0 fully saturated rings. The van der Waals surface area contributed by atoms with Gasteiger partial charge in [-0.1, -0.05) is 27.7 Å². The molecule has 2 atom stereocenters. The van der Waals surface area contributed by atoms with E-state index < -0.39 is 11.9 Å². The molecule has 0 bridgehead atoms. The van der Waals surface area contributed by atoms with Crippen LogP contribution in [0.1, 0.15) is 41.0 Å². The fraction of sp³-hybridized carbons (Fsp3) is 0.867. The maximum absolute atomic E-state index is 12.4. The van der Waals surface area contributed by atoms with Gasteiger partial charge in [-0.15, -0.1) is 0 Å². The van der Waals surface area contributed by atoms with Crippen LogP contribution in [0.4, 0.5) is 0 Å². The first-order chi connectivity index (χ1) is 9.31. The van der Waals surface area contributed by atoms with Crippen LogP contribution in [-0.4, -0.2) is 48.2 Å². The van der Waals surface area contributed by atoms with Crippen LogP contribution in [0.3, 0.4) is 0 Å². The summed E-state index contributed by atoms with van der Waals surface area (Å²) in [6, 6.07) is 0. The van der Waals surface area contributed by atoms with E-state index in [1.54, 1.807) is 11.8 Å². The summed E-state index contributed by atoms with van der Waals surface area (Å²) in [6.07, 6.45) is 0.733. The average molecular weight is 287 g/mol. The molecular weight excluding hydrogens is 258 g/mol. The standard InChI is InChI=1S/C15H29NO4/c1-6-20-9-7-8-16(10-12(4)15(18)19)14(17)13(5)11(2)3/h11-13H,6-10H2,1-5H3,(H,18,19). The van der Waals surface area contributed by atoms with Gasteiger partial charge in [0.25, 0.3) is 0 Å². The summed E-state index contributed by atoms with van der Waals surface area (Å²) in [4.78, 5) is 25.0. The second kappa shape index (κ2) is 9.75. The van der Waals surface area contributed by atoms with Gasteiger partial charge in [0, 0.05) is 32.2 Å². The first-order valence-electron chi connectivity index (χ1n) is 7.40. The molecule has 0 saturated carbocycles. The lowest BCUT2D eigenvalue weighted by molar-refractivity contribution is -0.144.